The van der Waals surface area contributed by atoms with E-state index >= 15 is 0 Å². The normalized spacial score (nSPS) is 12.7. The van der Waals surface area contributed by atoms with Crippen LogP contribution in [0.1, 0.15) is 20.8 Å². The Hall–Kier alpha value is -2.34. The van der Waals surface area contributed by atoms with E-state index in [1.54, 1.807) is 13.8 Å². The zero-order chi connectivity index (χ0) is 21.4. The Morgan fingerprint density at radius 2 is 1.97 bits per heavy atom. The van der Waals surface area contributed by atoms with Crippen LogP contribution in [0.3, 0.4) is 0 Å². The van der Waals surface area contributed by atoms with E-state index in [0.717, 1.165) is 0 Å². The van der Waals surface area contributed by atoms with Crippen LogP contribution < -0.4 is 4.74 Å². The molecule has 3 rings (SSSR count). The van der Waals surface area contributed by atoms with Gasteiger partial charge in [0.05, 0.1) is 22.9 Å². The molecule has 3 aromatic rings. The van der Waals surface area contributed by atoms with E-state index in [9.17, 15) is 21.6 Å². The van der Waals surface area contributed by atoms with E-state index in [1.807, 2.05) is 0 Å². The van der Waals surface area contributed by atoms with Crippen LogP contribution in [0.2, 0.25) is 0 Å². The Bertz CT molecular complexity index is 1140. The van der Waals surface area contributed by atoms with Gasteiger partial charge in [-0.3, -0.25) is 4.40 Å². The number of thioether (sulfide) groups is 1. The number of rotatable bonds is 6. The van der Waals surface area contributed by atoms with Crippen LogP contribution in [0.5, 0.6) is 5.75 Å². The van der Waals surface area contributed by atoms with Gasteiger partial charge in [0.2, 0.25) is 0 Å². The molecule has 7 nitrogen and oxygen atoms in total. The summed E-state index contributed by atoms with van der Waals surface area (Å²) in [5.41, 5.74) is -4.00. The van der Waals surface area contributed by atoms with Crippen molar-refractivity contribution in [3.63, 3.8) is 0 Å². The first-order chi connectivity index (χ1) is 13.5. The van der Waals surface area contributed by atoms with Gasteiger partial charge in [0.15, 0.2) is 9.84 Å². The molecule has 0 N–H and O–H groups in total. The third-order valence-corrected chi connectivity index (χ3v) is 6.11. The molecule has 0 spiro atoms. The molecule has 0 amide bonds. The summed E-state index contributed by atoms with van der Waals surface area (Å²) in [5.74, 6) is 0.138. The molecular formula is C17H17F3N4O3S2. The Morgan fingerprint density at radius 3 is 2.59 bits per heavy atom. The average molecular weight is 446 g/mol. The van der Waals surface area contributed by atoms with Crippen molar-refractivity contribution in [2.24, 2.45) is 0 Å². The van der Waals surface area contributed by atoms with E-state index in [2.05, 4.69) is 15.0 Å². The molecule has 0 radical (unpaired) electrons. The highest BCUT2D eigenvalue weighted by Crippen LogP contribution is 2.36. The largest absolute Gasteiger partial charge is 0.489 e. The quantitative estimate of drug-likeness (QED) is 0.418. The van der Waals surface area contributed by atoms with Gasteiger partial charge in [-0.2, -0.15) is 13.2 Å². The molecule has 0 aliphatic heterocycles. The van der Waals surface area contributed by atoms with Gasteiger partial charge in [0, 0.05) is 30.1 Å². The van der Waals surface area contributed by atoms with Crippen LogP contribution in [0, 0.1) is 0 Å². The van der Waals surface area contributed by atoms with Crippen LogP contribution in [0.4, 0.5) is 13.2 Å². The lowest BCUT2D eigenvalue weighted by Gasteiger charge is -2.12. The predicted octanol–water partition coefficient (Wildman–Crippen LogP) is 3.98. The highest BCUT2D eigenvalue weighted by Gasteiger charge is 2.30. The molecule has 0 unspecified atom stereocenters. The van der Waals surface area contributed by atoms with Crippen molar-refractivity contribution in [3.05, 3.63) is 30.9 Å². The highest BCUT2D eigenvalue weighted by atomic mass is 32.2. The lowest BCUT2D eigenvalue weighted by molar-refractivity contribution is -0.0329. The monoisotopic (exact) mass is 446 g/mol. The molecule has 0 saturated heterocycles. The van der Waals surface area contributed by atoms with Crippen molar-refractivity contribution < 1.29 is 26.3 Å². The van der Waals surface area contributed by atoms with Gasteiger partial charge in [-0.05, 0) is 13.8 Å². The van der Waals surface area contributed by atoms with Crippen LogP contribution in [0.25, 0.3) is 17.0 Å². The van der Waals surface area contributed by atoms with Gasteiger partial charge in [-0.1, -0.05) is 6.92 Å². The van der Waals surface area contributed by atoms with Crippen molar-refractivity contribution in [2.75, 3.05) is 5.75 Å². The molecule has 0 atom stereocenters. The van der Waals surface area contributed by atoms with E-state index in [4.69, 9.17) is 4.74 Å². The lowest BCUT2D eigenvalue weighted by Crippen LogP contribution is -2.10. The second-order valence-electron chi connectivity index (χ2n) is 6.25. The lowest BCUT2D eigenvalue weighted by atomic mass is 10.3. The summed E-state index contributed by atoms with van der Waals surface area (Å²) in [6.07, 6.45) is 3.86. The number of ether oxygens (including phenoxy) is 1. The number of aromatic nitrogens is 4. The summed E-state index contributed by atoms with van der Waals surface area (Å²) in [6.45, 7) is 5.10. The number of alkyl halides is 3. The summed E-state index contributed by atoms with van der Waals surface area (Å²) in [7, 11) is -3.67. The third kappa shape index (κ3) is 4.99. The molecule has 0 aliphatic carbocycles. The molecular weight excluding hydrogens is 429 g/mol. The fraction of sp³-hybridized carbons (Fsp3) is 0.353. The smallest absolute Gasteiger partial charge is 0.447 e. The Kier molecular flexibility index (Phi) is 5.77. The summed E-state index contributed by atoms with van der Waals surface area (Å²) < 4.78 is 69.8. The van der Waals surface area contributed by atoms with E-state index in [0.29, 0.717) is 5.75 Å². The first-order valence-electron chi connectivity index (χ1n) is 8.49. The minimum atomic E-state index is -4.48. The summed E-state index contributed by atoms with van der Waals surface area (Å²) in [6, 6.07) is 2.56. The number of pyridine rings is 1. The second kappa shape index (κ2) is 7.82. The molecule has 0 aliphatic rings. The maximum Gasteiger partial charge on any atom is 0.447 e. The van der Waals surface area contributed by atoms with Crippen molar-refractivity contribution in [3.8, 4) is 17.1 Å². The second-order valence-corrected chi connectivity index (χ2v) is 9.59. The Balaban J connectivity index is 2.10. The number of nitrogens with zero attached hydrogens (tertiary/aromatic N) is 4. The topological polar surface area (TPSA) is 86.5 Å². The van der Waals surface area contributed by atoms with E-state index in [1.165, 1.54) is 42.2 Å². The van der Waals surface area contributed by atoms with Gasteiger partial charge in [0.25, 0.3) is 0 Å². The molecule has 3 aromatic heterocycles. The van der Waals surface area contributed by atoms with Crippen LogP contribution in [0.15, 0.2) is 40.8 Å². The first kappa shape index (κ1) is 21.4. The van der Waals surface area contributed by atoms with Crippen molar-refractivity contribution in [1.29, 1.82) is 0 Å². The van der Waals surface area contributed by atoms with Gasteiger partial charge in [-0.15, -0.1) is 0 Å². The number of imidazole rings is 1. The van der Waals surface area contributed by atoms with Crippen LogP contribution in [-0.4, -0.2) is 45.1 Å². The van der Waals surface area contributed by atoms with Crippen LogP contribution in [-0.2, 0) is 9.84 Å². The van der Waals surface area contributed by atoms with Gasteiger partial charge < -0.3 is 4.74 Å². The van der Waals surface area contributed by atoms with Crippen molar-refractivity contribution in [1.82, 2.24) is 19.4 Å². The minimum Gasteiger partial charge on any atom is -0.489 e. The van der Waals surface area contributed by atoms with Crippen molar-refractivity contribution >= 4 is 27.2 Å². The fourth-order valence-electron chi connectivity index (χ4n) is 2.51. The predicted molar refractivity (Wildman–Crippen MR) is 102 cm³/mol. The molecule has 0 bridgehead atoms. The molecule has 0 aromatic carbocycles. The molecule has 0 fully saturated rings. The molecule has 3 heterocycles. The summed E-state index contributed by atoms with van der Waals surface area (Å²) in [4.78, 5) is 12.1. The van der Waals surface area contributed by atoms with Crippen molar-refractivity contribution in [2.45, 2.75) is 42.3 Å². The fourth-order valence-corrected chi connectivity index (χ4v) is 4.07. The molecule has 29 heavy (non-hydrogen) atoms. The van der Waals surface area contributed by atoms with Gasteiger partial charge in [-0.25, -0.2) is 23.4 Å². The van der Waals surface area contributed by atoms with E-state index < -0.39 is 15.3 Å². The molecule has 156 valence electrons. The standard InChI is InChI=1S/C17H17F3N4O3S2/c1-4-29(25,26)13-5-11(27-10(2)3)7-21-16(13)12-8-24-9-22-15(6-14(24)23-12)28-17(18,19)20/h5-10H,4H2,1-3H3. The minimum absolute atomic E-state index is 0.0561. The number of hydrogen-bond acceptors (Lipinski definition) is 7. The Labute approximate surface area is 169 Å². The number of fused-ring (bicyclic) bond motifs is 1. The third-order valence-electron chi connectivity index (χ3n) is 3.70. The summed E-state index contributed by atoms with van der Waals surface area (Å²) >= 11 is -0.353. The maximum absolute atomic E-state index is 12.6. The number of sulfone groups is 1. The van der Waals surface area contributed by atoms with Gasteiger partial charge in [0.1, 0.15) is 34.1 Å². The van der Waals surface area contributed by atoms with Crippen LogP contribution >= 0.6 is 11.8 Å². The average Bonchev–Trinajstić information content (AvgIpc) is 3.02. The summed E-state index contributed by atoms with van der Waals surface area (Å²) in [5, 5.41) is -0.266. The molecule has 12 heteroatoms. The first-order valence-corrected chi connectivity index (χ1v) is 11.0. The Morgan fingerprint density at radius 1 is 1.24 bits per heavy atom. The SMILES string of the molecule is CCS(=O)(=O)c1cc(OC(C)C)cnc1-c1cn2cnc(SC(F)(F)F)cc2n1. The molecule has 0 saturated carbocycles. The zero-order valence-electron chi connectivity index (χ0n) is 15.6. The number of halogens is 3. The zero-order valence-corrected chi connectivity index (χ0v) is 17.3. The highest BCUT2D eigenvalue weighted by molar-refractivity contribution is 8.00. The maximum atomic E-state index is 12.6. The number of hydrogen-bond donors (Lipinski definition) is 0. The van der Waals surface area contributed by atoms with Gasteiger partial charge >= 0.3 is 5.51 Å². The van der Waals surface area contributed by atoms with E-state index in [-0.39, 0.29) is 50.6 Å².